The number of hydrogen-bond donors (Lipinski definition) is 1. The molecule has 1 aliphatic rings. The maximum atomic E-state index is 12.4. The molecule has 1 aromatic carbocycles. The number of halogens is 5. The van der Waals surface area contributed by atoms with Gasteiger partial charge < -0.3 is 14.8 Å². The standard InChI is InChI=1S/C17H23F3N2O2.2ClH/c1-12(2)10-15(22-8-6-21-7-9-22)14-5-4-13(11-16(14)23-3)24-17(18,19)20;;/h4-5,11,15,21H,1,6-10H2,2-3H3;2*1H/t15-;;/m1../s1. The molecular weight excluding hydrogens is 392 g/mol. The van der Waals surface area contributed by atoms with Crippen LogP contribution in [0.5, 0.6) is 11.5 Å². The molecule has 0 radical (unpaired) electrons. The third kappa shape index (κ3) is 7.23. The van der Waals surface area contributed by atoms with E-state index in [1.54, 1.807) is 6.07 Å². The van der Waals surface area contributed by atoms with Crippen molar-refractivity contribution < 1.29 is 22.6 Å². The first kappa shape index (κ1) is 24.8. The summed E-state index contributed by atoms with van der Waals surface area (Å²) in [6.45, 7) is 9.41. The highest BCUT2D eigenvalue weighted by atomic mass is 35.5. The summed E-state index contributed by atoms with van der Waals surface area (Å²) >= 11 is 0. The van der Waals surface area contributed by atoms with Gasteiger partial charge in [-0.15, -0.1) is 44.6 Å². The Morgan fingerprint density at radius 3 is 2.38 bits per heavy atom. The minimum Gasteiger partial charge on any atom is -0.496 e. The van der Waals surface area contributed by atoms with Crippen LogP contribution in [-0.2, 0) is 0 Å². The quantitative estimate of drug-likeness (QED) is 0.698. The molecular formula is C17H25Cl2F3N2O2. The second-order valence-corrected chi connectivity index (χ2v) is 5.91. The van der Waals surface area contributed by atoms with E-state index < -0.39 is 6.36 Å². The molecule has 0 aliphatic carbocycles. The number of methoxy groups -OCH3 is 1. The largest absolute Gasteiger partial charge is 0.573 e. The molecule has 1 aromatic rings. The number of hydrogen-bond acceptors (Lipinski definition) is 4. The van der Waals surface area contributed by atoms with Crippen molar-refractivity contribution in [2.24, 2.45) is 0 Å². The highest BCUT2D eigenvalue weighted by Gasteiger charge is 2.32. The fourth-order valence-electron chi connectivity index (χ4n) is 2.92. The molecule has 0 amide bonds. The van der Waals surface area contributed by atoms with Crippen molar-refractivity contribution >= 4 is 24.8 Å². The zero-order valence-electron chi connectivity index (χ0n) is 14.8. The fraction of sp³-hybridized carbons (Fsp3) is 0.529. The van der Waals surface area contributed by atoms with Gasteiger partial charge in [-0.05, 0) is 19.4 Å². The molecule has 0 bridgehead atoms. The highest BCUT2D eigenvalue weighted by molar-refractivity contribution is 5.85. The van der Waals surface area contributed by atoms with Crippen LogP contribution in [-0.4, -0.2) is 44.6 Å². The third-order valence-corrected chi connectivity index (χ3v) is 3.93. The Kier molecular flexibility index (Phi) is 10.4. The molecule has 1 N–H and O–H groups in total. The molecule has 26 heavy (non-hydrogen) atoms. The van der Waals surface area contributed by atoms with E-state index in [1.807, 2.05) is 6.92 Å². The summed E-state index contributed by atoms with van der Waals surface area (Å²) in [5, 5.41) is 3.30. The summed E-state index contributed by atoms with van der Waals surface area (Å²) in [7, 11) is 1.45. The molecule has 9 heteroatoms. The van der Waals surface area contributed by atoms with Crippen LogP contribution in [0.15, 0.2) is 30.4 Å². The van der Waals surface area contributed by atoms with Crippen LogP contribution < -0.4 is 14.8 Å². The average molecular weight is 417 g/mol. The van der Waals surface area contributed by atoms with Gasteiger partial charge >= 0.3 is 6.36 Å². The van der Waals surface area contributed by atoms with E-state index >= 15 is 0 Å². The van der Waals surface area contributed by atoms with Gasteiger partial charge in [0, 0.05) is 43.9 Å². The van der Waals surface area contributed by atoms with Gasteiger partial charge in [-0.1, -0.05) is 11.6 Å². The van der Waals surface area contributed by atoms with Crippen molar-refractivity contribution in [1.82, 2.24) is 10.2 Å². The summed E-state index contributed by atoms with van der Waals surface area (Å²) in [6.07, 6.45) is -4.00. The van der Waals surface area contributed by atoms with Gasteiger partial charge in [0.25, 0.3) is 0 Å². The fourth-order valence-corrected chi connectivity index (χ4v) is 2.92. The molecule has 1 aliphatic heterocycles. The topological polar surface area (TPSA) is 33.7 Å². The maximum Gasteiger partial charge on any atom is 0.573 e. The Morgan fingerprint density at radius 2 is 1.88 bits per heavy atom. The zero-order valence-corrected chi connectivity index (χ0v) is 16.4. The number of piperazine rings is 1. The van der Waals surface area contributed by atoms with Crippen molar-refractivity contribution in [3.05, 3.63) is 35.9 Å². The Morgan fingerprint density at radius 1 is 1.27 bits per heavy atom. The smallest absolute Gasteiger partial charge is 0.496 e. The number of ether oxygens (including phenoxy) is 2. The van der Waals surface area contributed by atoms with Gasteiger partial charge in [0.2, 0.25) is 0 Å². The first-order chi connectivity index (χ1) is 11.3. The van der Waals surface area contributed by atoms with E-state index in [-0.39, 0.29) is 36.6 Å². The summed E-state index contributed by atoms with van der Waals surface area (Å²) in [4.78, 5) is 2.30. The van der Waals surface area contributed by atoms with E-state index in [0.29, 0.717) is 5.75 Å². The molecule has 1 atom stereocenters. The van der Waals surface area contributed by atoms with Gasteiger partial charge in [-0.3, -0.25) is 4.90 Å². The zero-order chi connectivity index (χ0) is 17.7. The Bertz CT molecular complexity index is 580. The average Bonchev–Trinajstić information content (AvgIpc) is 2.52. The van der Waals surface area contributed by atoms with Crippen LogP contribution in [0.2, 0.25) is 0 Å². The van der Waals surface area contributed by atoms with E-state index in [4.69, 9.17) is 4.74 Å². The Balaban J connectivity index is 0.00000312. The maximum absolute atomic E-state index is 12.4. The van der Waals surface area contributed by atoms with Crippen LogP contribution in [0.4, 0.5) is 13.2 Å². The van der Waals surface area contributed by atoms with Crippen molar-refractivity contribution in [2.45, 2.75) is 25.7 Å². The lowest BCUT2D eigenvalue weighted by molar-refractivity contribution is -0.274. The van der Waals surface area contributed by atoms with E-state index in [9.17, 15) is 13.2 Å². The second-order valence-electron chi connectivity index (χ2n) is 5.91. The molecule has 4 nitrogen and oxygen atoms in total. The van der Waals surface area contributed by atoms with E-state index in [1.165, 1.54) is 19.2 Å². The predicted molar refractivity (Wildman–Crippen MR) is 101 cm³/mol. The minimum absolute atomic E-state index is 0. The second kappa shape index (κ2) is 10.9. The highest BCUT2D eigenvalue weighted by Crippen LogP contribution is 2.37. The van der Waals surface area contributed by atoms with Gasteiger partial charge in [0.05, 0.1) is 7.11 Å². The summed E-state index contributed by atoms with van der Waals surface area (Å²) in [5.41, 5.74) is 1.85. The SMILES string of the molecule is C=C(C)C[C@H](c1ccc(OC(F)(F)F)cc1OC)N1CCNCC1.Cl.Cl. The van der Waals surface area contributed by atoms with Gasteiger partial charge in [-0.25, -0.2) is 0 Å². The molecule has 1 saturated heterocycles. The summed E-state index contributed by atoms with van der Waals surface area (Å²) in [6, 6.07) is 4.28. The van der Waals surface area contributed by atoms with Crippen LogP contribution >= 0.6 is 24.8 Å². The molecule has 0 aromatic heterocycles. The molecule has 0 unspecified atom stereocenters. The van der Waals surface area contributed by atoms with Gasteiger partial charge in [0.1, 0.15) is 11.5 Å². The minimum atomic E-state index is -4.72. The van der Waals surface area contributed by atoms with Crippen LogP contribution in [0.3, 0.4) is 0 Å². The first-order valence-corrected chi connectivity index (χ1v) is 7.83. The number of alkyl halides is 3. The number of nitrogens with zero attached hydrogens (tertiary/aromatic N) is 1. The molecule has 1 heterocycles. The van der Waals surface area contributed by atoms with E-state index in [2.05, 4.69) is 21.5 Å². The lowest BCUT2D eigenvalue weighted by atomic mass is 9.97. The molecule has 2 rings (SSSR count). The molecule has 0 spiro atoms. The van der Waals surface area contributed by atoms with E-state index in [0.717, 1.165) is 43.7 Å². The molecule has 1 fully saturated rings. The number of benzene rings is 1. The van der Waals surface area contributed by atoms with Crippen molar-refractivity contribution in [3.8, 4) is 11.5 Å². The van der Waals surface area contributed by atoms with Crippen LogP contribution in [0.1, 0.15) is 24.9 Å². The first-order valence-electron chi connectivity index (χ1n) is 7.83. The van der Waals surface area contributed by atoms with Crippen LogP contribution in [0, 0.1) is 0 Å². The molecule has 0 saturated carbocycles. The number of nitrogens with one attached hydrogen (secondary N) is 1. The lowest BCUT2D eigenvalue weighted by Crippen LogP contribution is -2.45. The molecule has 150 valence electrons. The Hall–Kier alpha value is -1.15. The lowest BCUT2D eigenvalue weighted by Gasteiger charge is -2.36. The summed E-state index contributed by atoms with van der Waals surface area (Å²) in [5.74, 6) is 0.110. The predicted octanol–water partition coefficient (Wildman–Crippen LogP) is 4.35. The number of rotatable bonds is 6. The third-order valence-electron chi connectivity index (χ3n) is 3.93. The van der Waals surface area contributed by atoms with Crippen LogP contribution in [0.25, 0.3) is 0 Å². The Labute approximate surface area is 164 Å². The van der Waals surface area contributed by atoms with Crippen molar-refractivity contribution in [3.63, 3.8) is 0 Å². The summed E-state index contributed by atoms with van der Waals surface area (Å²) < 4.78 is 46.5. The van der Waals surface area contributed by atoms with Crippen molar-refractivity contribution in [2.75, 3.05) is 33.3 Å². The van der Waals surface area contributed by atoms with Gasteiger partial charge in [-0.2, -0.15) is 0 Å². The van der Waals surface area contributed by atoms with Crippen molar-refractivity contribution in [1.29, 1.82) is 0 Å². The van der Waals surface area contributed by atoms with Gasteiger partial charge in [0.15, 0.2) is 0 Å². The normalized spacial score (nSPS) is 16.0. The monoisotopic (exact) mass is 416 g/mol.